The van der Waals surface area contributed by atoms with Crippen molar-refractivity contribution in [1.29, 1.82) is 0 Å². The first kappa shape index (κ1) is 20.1. The minimum atomic E-state index is -0.170. The third-order valence-electron chi connectivity index (χ3n) is 5.07. The van der Waals surface area contributed by atoms with Crippen molar-refractivity contribution in [2.24, 2.45) is 0 Å². The van der Waals surface area contributed by atoms with Gasteiger partial charge in [0.2, 0.25) is 5.91 Å². The first-order valence-electron chi connectivity index (χ1n) is 9.93. The maximum absolute atomic E-state index is 12.8. The summed E-state index contributed by atoms with van der Waals surface area (Å²) in [5.74, 6) is 1.53. The molecule has 28 heavy (non-hydrogen) atoms. The molecule has 3 rings (SSSR count). The van der Waals surface area contributed by atoms with E-state index in [-0.39, 0.29) is 11.5 Å². The normalized spacial score (nSPS) is 11.8. The lowest BCUT2D eigenvalue weighted by Crippen LogP contribution is -2.35. The molecule has 0 bridgehead atoms. The van der Waals surface area contributed by atoms with Gasteiger partial charge in [0, 0.05) is 38.2 Å². The number of fused-ring (bicyclic) bond motifs is 3. The Kier molecular flexibility index (Phi) is 6.18. The molecule has 3 aromatic heterocycles. The molecule has 1 amide bonds. The van der Waals surface area contributed by atoms with E-state index in [0.29, 0.717) is 42.9 Å². The van der Waals surface area contributed by atoms with Crippen LogP contribution in [0.2, 0.25) is 0 Å². The smallest absolute Gasteiger partial charge is 0.291 e. The van der Waals surface area contributed by atoms with Gasteiger partial charge in [0.1, 0.15) is 17.1 Å². The van der Waals surface area contributed by atoms with E-state index in [4.69, 9.17) is 4.42 Å². The van der Waals surface area contributed by atoms with E-state index >= 15 is 0 Å². The van der Waals surface area contributed by atoms with Crippen LogP contribution in [0.4, 0.5) is 0 Å². The summed E-state index contributed by atoms with van der Waals surface area (Å²) in [5.41, 5.74) is 1.92. The van der Waals surface area contributed by atoms with E-state index in [0.717, 1.165) is 30.9 Å². The third-order valence-corrected chi connectivity index (χ3v) is 5.07. The van der Waals surface area contributed by atoms with E-state index in [1.165, 1.54) is 4.68 Å². The highest BCUT2D eigenvalue weighted by Gasteiger charge is 2.15. The fourth-order valence-electron chi connectivity index (χ4n) is 3.54. The molecular formula is C20H29N5O3. The molecule has 0 aliphatic rings. The van der Waals surface area contributed by atoms with Crippen molar-refractivity contribution in [3.05, 3.63) is 34.1 Å². The zero-order chi connectivity index (χ0) is 20.3. The lowest BCUT2D eigenvalue weighted by molar-refractivity contribution is -0.121. The highest BCUT2D eigenvalue weighted by Crippen LogP contribution is 2.22. The second-order valence-corrected chi connectivity index (χ2v) is 7.03. The Balaban J connectivity index is 1.61. The van der Waals surface area contributed by atoms with Crippen LogP contribution in [0, 0.1) is 13.8 Å². The van der Waals surface area contributed by atoms with Crippen LogP contribution in [0.3, 0.4) is 0 Å². The van der Waals surface area contributed by atoms with E-state index in [2.05, 4.69) is 29.2 Å². The molecule has 0 fully saturated rings. The first-order chi connectivity index (χ1) is 13.4. The summed E-state index contributed by atoms with van der Waals surface area (Å²) in [6, 6.07) is 3.67. The molecular weight excluding hydrogens is 358 g/mol. The van der Waals surface area contributed by atoms with Crippen LogP contribution in [0.5, 0.6) is 0 Å². The van der Waals surface area contributed by atoms with Crippen LogP contribution in [-0.2, 0) is 11.3 Å². The minimum absolute atomic E-state index is 0.00804. The van der Waals surface area contributed by atoms with Crippen LogP contribution >= 0.6 is 0 Å². The standard InChI is InChI=1S/C20H29N5O3/c1-5-23(6-2)11-9-21-19(26)8-7-10-24-20(27)17-13-18-16(12-14(3)28-18)25(17)15(4)22-24/h12-13H,5-11H2,1-4H3,(H,21,26). The summed E-state index contributed by atoms with van der Waals surface area (Å²) >= 11 is 0. The summed E-state index contributed by atoms with van der Waals surface area (Å²) in [6.07, 6.45) is 0.939. The summed E-state index contributed by atoms with van der Waals surface area (Å²) in [7, 11) is 0. The van der Waals surface area contributed by atoms with E-state index in [1.54, 1.807) is 6.07 Å². The molecule has 0 aromatic carbocycles. The zero-order valence-corrected chi connectivity index (χ0v) is 17.1. The third kappa shape index (κ3) is 4.11. The number of furan rings is 1. The molecule has 0 spiro atoms. The van der Waals surface area contributed by atoms with E-state index in [1.807, 2.05) is 24.3 Å². The quantitative estimate of drug-likeness (QED) is 0.608. The first-order valence-corrected chi connectivity index (χ1v) is 9.93. The van der Waals surface area contributed by atoms with Gasteiger partial charge in [0.05, 0.1) is 5.52 Å². The summed E-state index contributed by atoms with van der Waals surface area (Å²) < 4.78 is 8.90. The topological polar surface area (TPSA) is 84.8 Å². The summed E-state index contributed by atoms with van der Waals surface area (Å²) in [4.78, 5) is 27.0. The van der Waals surface area contributed by atoms with E-state index in [9.17, 15) is 9.59 Å². The molecule has 0 unspecified atom stereocenters. The Morgan fingerprint density at radius 3 is 2.68 bits per heavy atom. The number of carbonyl (C=O) groups excluding carboxylic acids is 1. The molecule has 3 heterocycles. The van der Waals surface area contributed by atoms with Crippen molar-refractivity contribution in [2.45, 2.75) is 47.1 Å². The molecule has 0 aliphatic carbocycles. The Hall–Kier alpha value is -2.61. The predicted molar refractivity (Wildman–Crippen MR) is 109 cm³/mol. The predicted octanol–water partition coefficient (Wildman–Crippen LogP) is 2.10. The average Bonchev–Trinajstić information content (AvgIpc) is 3.19. The van der Waals surface area contributed by atoms with Crippen LogP contribution < -0.4 is 10.9 Å². The lowest BCUT2D eigenvalue weighted by Gasteiger charge is -2.17. The van der Waals surface area contributed by atoms with Gasteiger partial charge in [-0.15, -0.1) is 0 Å². The largest absolute Gasteiger partial charge is 0.460 e. The number of carbonyl (C=O) groups is 1. The molecule has 8 nitrogen and oxygen atoms in total. The Morgan fingerprint density at radius 1 is 1.21 bits per heavy atom. The highest BCUT2D eigenvalue weighted by atomic mass is 16.3. The fraction of sp³-hybridized carbons (Fsp3) is 0.550. The van der Waals surface area contributed by atoms with Gasteiger partial charge in [-0.05, 0) is 33.4 Å². The average molecular weight is 387 g/mol. The SMILES string of the molecule is CCN(CC)CCNC(=O)CCCn1nc(C)n2c(cc3oc(C)cc32)c1=O. The maximum atomic E-state index is 12.8. The van der Waals surface area contributed by atoms with Gasteiger partial charge in [-0.25, -0.2) is 4.68 Å². The number of nitrogens with one attached hydrogen (secondary N) is 1. The number of aromatic nitrogens is 3. The molecule has 0 saturated carbocycles. The van der Waals surface area contributed by atoms with Crippen molar-refractivity contribution in [3.63, 3.8) is 0 Å². The number of aryl methyl sites for hydroxylation is 3. The van der Waals surface area contributed by atoms with Crippen LogP contribution in [0.1, 0.15) is 38.3 Å². The van der Waals surface area contributed by atoms with Gasteiger partial charge < -0.3 is 14.6 Å². The molecule has 0 aliphatic heterocycles. The summed E-state index contributed by atoms with van der Waals surface area (Å²) in [5, 5.41) is 7.36. The maximum Gasteiger partial charge on any atom is 0.291 e. The Morgan fingerprint density at radius 2 is 1.96 bits per heavy atom. The minimum Gasteiger partial charge on any atom is -0.460 e. The number of hydrogen-bond acceptors (Lipinski definition) is 5. The Labute approximate surface area is 164 Å². The molecule has 1 N–H and O–H groups in total. The number of likely N-dealkylation sites (N-methyl/N-ethyl adjacent to an activating group) is 1. The van der Waals surface area contributed by atoms with Crippen LogP contribution in [-0.4, -0.2) is 51.2 Å². The van der Waals surface area contributed by atoms with Crippen LogP contribution in [0.15, 0.2) is 21.3 Å². The molecule has 152 valence electrons. The number of nitrogens with zero attached hydrogens (tertiary/aromatic N) is 4. The second-order valence-electron chi connectivity index (χ2n) is 7.03. The van der Waals surface area contributed by atoms with Crippen molar-refractivity contribution >= 4 is 22.5 Å². The monoisotopic (exact) mass is 387 g/mol. The molecule has 0 saturated heterocycles. The Bertz CT molecular complexity index is 1030. The number of amides is 1. The molecule has 3 aromatic rings. The molecule has 8 heteroatoms. The molecule has 0 atom stereocenters. The van der Waals surface area contributed by atoms with Gasteiger partial charge in [-0.3, -0.25) is 14.0 Å². The van der Waals surface area contributed by atoms with Gasteiger partial charge in [-0.1, -0.05) is 13.8 Å². The highest BCUT2D eigenvalue weighted by molar-refractivity contribution is 5.83. The second kappa shape index (κ2) is 8.60. The van der Waals surface area contributed by atoms with Crippen LogP contribution in [0.25, 0.3) is 16.6 Å². The summed E-state index contributed by atoms with van der Waals surface area (Å²) in [6.45, 7) is 11.8. The molecule has 0 radical (unpaired) electrons. The van der Waals surface area contributed by atoms with Crippen molar-refractivity contribution in [3.8, 4) is 0 Å². The van der Waals surface area contributed by atoms with Gasteiger partial charge in [0.25, 0.3) is 5.56 Å². The van der Waals surface area contributed by atoms with Crippen molar-refractivity contribution in [2.75, 3.05) is 26.2 Å². The van der Waals surface area contributed by atoms with Gasteiger partial charge >= 0.3 is 0 Å². The van der Waals surface area contributed by atoms with Gasteiger partial charge in [0.15, 0.2) is 5.58 Å². The zero-order valence-electron chi connectivity index (χ0n) is 17.1. The van der Waals surface area contributed by atoms with Crippen molar-refractivity contribution in [1.82, 2.24) is 24.4 Å². The lowest BCUT2D eigenvalue weighted by atomic mass is 10.3. The number of rotatable bonds is 9. The van der Waals surface area contributed by atoms with E-state index < -0.39 is 0 Å². The number of hydrogen-bond donors (Lipinski definition) is 1. The fourth-order valence-corrected chi connectivity index (χ4v) is 3.54. The van der Waals surface area contributed by atoms with Crippen molar-refractivity contribution < 1.29 is 9.21 Å². The van der Waals surface area contributed by atoms with Gasteiger partial charge in [-0.2, -0.15) is 5.10 Å².